The van der Waals surface area contributed by atoms with Gasteiger partial charge < -0.3 is 10.1 Å². The average Bonchev–Trinajstić information content (AvgIpc) is 2.69. The molecule has 142 valence electrons. The van der Waals surface area contributed by atoms with E-state index in [0.717, 1.165) is 17.2 Å². The largest absolute Gasteiger partial charge is 0.455 e. The fraction of sp³-hybridized carbons (Fsp3) is 0.143. The zero-order chi connectivity index (χ0) is 20.1. The number of halogens is 1. The Morgan fingerprint density at radius 1 is 1.07 bits per heavy atom. The number of carbonyl (C=O) groups excluding carboxylic acids is 2. The molecule has 0 unspecified atom stereocenters. The van der Waals surface area contributed by atoms with Crippen molar-refractivity contribution < 1.29 is 18.7 Å². The predicted molar refractivity (Wildman–Crippen MR) is 101 cm³/mol. The Labute approximate surface area is 161 Å². The Morgan fingerprint density at radius 2 is 1.82 bits per heavy atom. The topological polar surface area (TPSA) is 81.2 Å². The number of anilines is 1. The van der Waals surface area contributed by atoms with Crippen molar-refractivity contribution in [2.75, 3.05) is 5.32 Å². The van der Waals surface area contributed by atoms with E-state index in [-0.39, 0.29) is 23.6 Å². The van der Waals surface area contributed by atoms with E-state index in [1.54, 1.807) is 6.07 Å². The molecule has 2 aromatic carbocycles. The molecule has 1 N–H and O–H groups in total. The van der Waals surface area contributed by atoms with Crippen molar-refractivity contribution in [3.05, 3.63) is 88.8 Å². The molecule has 0 saturated heterocycles. The van der Waals surface area contributed by atoms with E-state index in [9.17, 15) is 14.0 Å². The number of hydrogen-bond acceptors (Lipinski definition) is 5. The molecule has 1 aromatic heterocycles. The highest BCUT2D eigenvalue weighted by atomic mass is 19.1. The minimum Gasteiger partial charge on any atom is -0.455 e. The first-order valence-electron chi connectivity index (χ1n) is 8.56. The maximum absolute atomic E-state index is 13.2. The lowest BCUT2D eigenvalue weighted by Gasteiger charge is -2.12. The third kappa shape index (κ3) is 4.37. The average molecular weight is 379 g/mol. The van der Waals surface area contributed by atoms with Crippen LogP contribution >= 0.6 is 0 Å². The van der Waals surface area contributed by atoms with Gasteiger partial charge in [0.1, 0.15) is 18.1 Å². The number of esters is 1. The second-order valence-corrected chi connectivity index (χ2v) is 6.14. The smallest absolute Gasteiger partial charge is 0.338 e. The van der Waals surface area contributed by atoms with Crippen LogP contribution in [0.25, 0.3) is 0 Å². The van der Waals surface area contributed by atoms with Crippen LogP contribution in [-0.4, -0.2) is 21.8 Å². The number of carbonyl (C=O) groups is 2. The van der Waals surface area contributed by atoms with E-state index in [2.05, 4.69) is 15.3 Å². The van der Waals surface area contributed by atoms with Gasteiger partial charge in [-0.2, -0.15) is 0 Å². The first-order chi connectivity index (χ1) is 13.5. The number of aromatic nitrogens is 2. The molecule has 1 amide bonds. The Kier molecular flexibility index (Phi) is 5.74. The predicted octanol–water partition coefficient (Wildman–Crippen LogP) is 3.84. The number of ether oxygens (including phenoxy) is 1. The number of nitrogens with one attached hydrogen (secondary N) is 1. The first-order valence-corrected chi connectivity index (χ1v) is 8.56. The van der Waals surface area contributed by atoms with Gasteiger partial charge in [-0.15, -0.1) is 0 Å². The number of benzene rings is 2. The maximum atomic E-state index is 13.2. The molecule has 1 heterocycles. The van der Waals surface area contributed by atoms with Gasteiger partial charge >= 0.3 is 5.97 Å². The summed E-state index contributed by atoms with van der Waals surface area (Å²) in [6, 6.07) is 10.7. The second kappa shape index (κ2) is 8.39. The van der Waals surface area contributed by atoms with Gasteiger partial charge in [0.25, 0.3) is 5.91 Å². The summed E-state index contributed by atoms with van der Waals surface area (Å²) in [7, 11) is 0. The molecule has 0 aliphatic heterocycles. The third-order valence-corrected chi connectivity index (χ3v) is 4.24. The van der Waals surface area contributed by atoms with Crippen LogP contribution in [0, 0.1) is 19.7 Å². The summed E-state index contributed by atoms with van der Waals surface area (Å²) in [5, 5.41) is 2.80. The van der Waals surface area contributed by atoms with Crippen molar-refractivity contribution in [3.63, 3.8) is 0 Å². The molecular formula is C21H18FN3O3. The third-order valence-electron chi connectivity index (χ3n) is 4.24. The number of amides is 1. The summed E-state index contributed by atoms with van der Waals surface area (Å²) in [5.74, 6) is -1.72. The summed E-state index contributed by atoms with van der Waals surface area (Å²) in [6.07, 6.45) is 2.79. The van der Waals surface area contributed by atoms with Gasteiger partial charge in [0.15, 0.2) is 5.69 Å². The van der Waals surface area contributed by atoms with Crippen LogP contribution in [-0.2, 0) is 11.3 Å². The summed E-state index contributed by atoms with van der Waals surface area (Å²) in [4.78, 5) is 32.9. The number of nitrogens with zero attached hydrogens (tertiary/aromatic N) is 2. The second-order valence-electron chi connectivity index (χ2n) is 6.14. The Balaban J connectivity index is 1.74. The Bertz CT molecular complexity index is 1040. The lowest BCUT2D eigenvalue weighted by molar-refractivity contribution is 0.0464. The van der Waals surface area contributed by atoms with Crippen molar-refractivity contribution in [2.24, 2.45) is 0 Å². The molecule has 6 nitrogen and oxygen atoms in total. The van der Waals surface area contributed by atoms with Gasteiger partial charge in [0.05, 0.1) is 5.56 Å². The van der Waals surface area contributed by atoms with Gasteiger partial charge in [-0.1, -0.05) is 18.2 Å². The lowest BCUT2D eigenvalue weighted by atomic mass is 10.1. The summed E-state index contributed by atoms with van der Waals surface area (Å²) in [6.45, 7) is 3.59. The van der Waals surface area contributed by atoms with Crippen LogP contribution in [0.2, 0.25) is 0 Å². The van der Waals surface area contributed by atoms with Gasteiger partial charge in [-0.05, 0) is 49.2 Å². The van der Waals surface area contributed by atoms with E-state index in [1.807, 2.05) is 26.0 Å². The quantitative estimate of drug-likeness (QED) is 0.681. The highest BCUT2D eigenvalue weighted by molar-refractivity contribution is 6.04. The van der Waals surface area contributed by atoms with Crippen molar-refractivity contribution >= 4 is 17.6 Å². The van der Waals surface area contributed by atoms with Crippen LogP contribution in [0.1, 0.15) is 37.7 Å². The van der Waals surface area contributed by atoms with Gasteiger partial charge in [-0.25, -0.2) is 14.2 Å². The van der Waals surface area contributed by atoms with Crippen LogP contribution in [0.5, 0.6) is 0 Å². The maximum Gasteiger partial charge on any atom is 0.338 e. The van der Waals surface area contributed by atoms with E-state index < -0.39 is 17.7 Å². The normalized spacial score (nSPS) is 10.4. The van der Waals surface area contributed by atoms with Gasteiger partial charge in [-0.3, -0.25) is 9.78 Å². The van der Waals surface area contributed by atoms with Gasteiger partial charge in [0, 0.05) is 18.1 Å². The molecule has 0 spiro atoms. The molecule has 0 fully saturated rings. The molecular weight excluding hydrogens is 361 g/mol. The van der Waals surface area contributed by atoms with Crippen molar-refractivity contribution in [1.29, 1.82) is 0 Å². The van der Waals surface area contributed by atoms with Crippen molar-refractivity contribution in [3.8, 4) is 0 Å². The van der Waals surface area contributed by atoms with Crippen LogP contribution < -0.4 is 5.32 Å². The summed E-state index contributed by atoms with van der Waals surface area (Å²) in [5.41, 5.74) is 2.98. The van der Waals surface area contributed by atoms with E-state index >= 15 is 0 Å². The fourth-order valence-electron chi connectivity index (χ4n) is 2.56. The number of rotatable bonds is 5. The van der Waals surface area contributed by atoms with E-state index in [4.69, 9.17) is 4.74 Å². The van der Waals surface area contributed by atoms with E-state index in [1.165, 1.54) is 30.6 Å². The molecule has 28 heavy (non-hydrogen) atoms. The molecule has 0 radical (unpaired) electrons. The molecule has 0 aliphatic carbocycles. The van der Waals surface area contributed by atoms with Crippen LogP contribution in [0.4, 0.5) is 10.1 Å². The molecule has 0 atom stereocenters. The minimum absolute atomic E-state index is 0.0513. The van der Waals surface area contributed by atoms with Crippen LogP contribution in [0.3, 0.4) is 0 Å². The monoisotopic (exact) mass is 379 g/mol. The zero-order valence-electron chi connectivity index (χ0n) is 15.4. The minimum atomic E-state index is -0.717. The molecule has 3 rings (SSSR count). The lowest BCUT2D eigenvalue weighted by Crippen LogP contribution is -2.19. The van der Waals surface area contributed by atoms with E-state index in [0.29, 0.717) is 5.69 Å². The SMILES string of the molecule is Cc1cccc(NC(=O)c2nccnc2COC(=O)c2cccc(F)c2)c1C. The van der Waals surface area contributed by atoms with Gasteiger partial charge in [0.2, 0.25) is 0 Å². The Hall–Kier alpha value is -3.61. The number of hydrogen-bond donors (Lipinski definition) is 1. The molecule has 0 bridgehead atoms. The Morgan fingerprint density at radius 3 is 2.61 bits per heavy atom. The highest BCUT2D eigenvalue weighted by Crippen LogP contribution is 2.19. The molecule has 0 aliphatic rings. The molecule has 0 saturated carbocycles. The molecule has 3 aromatic rings. The molecule has 7 heteroatoms. The summed E-state index contributed by atoms with van der Waals surface area (Å²) >= 11 is 0. The van der Waals surface area contributed by atoms with Crippen LogP contribution in [0.15, 0.2) is 54.9 Å². The zero-order valence-corrected chi connectivity index (χ0v) is 15.4. The highest BCUT2D eigenvalue weighted by Gasteiger charge is 2.17. The first kappa shape index (κ1) is 19.2. The standard InChI is InChI=1S/C21H18FN3O3/c1-13-5-3-8-17(14(13)2)25-20(26)19-18(23-9-10-24-19)12-28-21(27)15-6-4-7-16(22)11-15/h3-11H,12H2,1-2H3,(H,25,26). The summed E-state index contributed by atoms with van der Waals surface area (Å²) < 4.78 is 18.4. The van der Waals surface area contributed by atoms with Crippen molar-refractivity contribution in [1.82, 2.24) is 9.97 Å². The fourth-order valence-corrected chi connectivity index (χ4v) is 2.56. The van der Waals surface area contributed by atoms with Crippen molar-refractivity contribution in [2.45, 2.75) is 20.5 Å². The number of aryl methyl sites for hydroxylation is 1.